The van der Waals surface area contributed by atoms with Crippen molar-refractivity contribution < 1.29 is 14.0 Å². The van der Waals surface area contributed by atoms with Crippen LogP contribution in [0.3, 0.4) is 0 Å². The van der Waals surface area contributed by atoms with Gasteiger partial charge in [0.15, 0.2) is 5.17 Å². The SMILES string of the molecule is O=C(CC[C@@H]1N=C2c3ccccc3N=C(SCc3ccccc3F)N2C1=O)NCc1cccs1. The van der Waals surface area contributed by atoms with Crippen LogP contribution in [0.5, 0.6) is 0 Å². The number of thioether (sulfide) groups is 1. The maximum Gasteiger partial charge on any atom is 0.259 e. The monoisotopic (exact) mass is 492 g/mol. The van der Waals surface area contributed by atoms with Crippen LogP contribution in [-0.2, 0) is 21.9 Å². The smallest absolute Gasteiger partial charge is 0.259 e. The highest BCUT2D eigenvalue weighted by Crippen LogP contribution is 2.35. The van der Waals surface area contributed by atoms with Gasteiger partial charge in [0.2, 0.25) is 5.91 Å². The first-order chi connectivity index (χ1) is 16.6. The van der Waals surface area contributed by atoms with Crippen LogP contribution >= 0.6 is 23.1 Å². The van der Waals surface area contributed by atoms with Crippen LogP contribution in [0.15, 0.2) is 76.0 Å². The summed E-state index contributed by atoms with van der Waals surface area (Å²) in [5.41, 5.74) is 2.03. The van der Waals surface area contributed by atoms with Crippen LogP contribution in [-0.4, -0.2) is 33.8 Å². The molecule has 9 heteroatoms. The zero-order chi connectivity index (χ0) is 23.5. The summed E-state index contributed by atoms with van der Waals surface area (Å²) in [7, 11) is 0. The average molecular weight is 493 g/mol. The molecule has 1 aromatic heterocycles. The number of rotatable bonds is 7. The molecule has 0 aliphatic carbocycles. The topological polar surface area (TPSA) is 74.1 Å². The molecule has 0 saturated heterocycles. The quantitative estimate of drug-likeness (QED) is 0.511. The van der Waals surface area contributed by atoms with E-state index >= 15 is 0 Å². The van der Waals surface area contributed by atoms with Crippen molar-refractivity contribution in [1.82, 2.24) is 10.2 Å². The molecule has 2 aliphatic rings. The predicted molar refractivity (Wildman–Crippen MR) is 134 cm³/mol. The lowest BCUT2D eigenvalue weighted by Gasteiger charge is -2.25. The number of para-hydroxylation sites is 1. The minimum absolute atomic E-state index is 0.116. The Balaban J connectivity index is 1.30. The number of aliphatic imine (C=N–C) groups is 2. The third-order valence-corrected chi connectivity index (χ3v) is 7.41. The van der Waals surface area contributed by atoms with Crippen LogP contribution in [0.1, 0.15) is 28.8 Å². The molecule has 0 spiro atoms. The molecule has 0 fully saturated rings. The molecular weight excluding hydrogens is 471 g/mol. The Bertz CT molecular complexity index is 1290. The summed E-state index contributed by atoms with van der Waals surface area (Å²) in [6.07, 6.45) is 0.505. The van der Waals surface area contributed by atoms with Gasteiger partial charge in [-0.2, -0.15) is 0 Å². The number of carbonyl (C=O) groups is 2. The molecule has 2 aromatic carbocycles. The Morgan fingerprint density at radius 3 is 2.76 bits per heavy atom. The van der Waals surface area contributed by atoms with Gasteiger partial charge in [0.05, 0.1) is 12.2 Å². The molecule has 0 saturated carbocycles. The van der Waals surface area contributed by atoms with Gasteiger partial charge in [0.1, 0.15) is 17.7 Å². The minimum atomic E-state index is -0.659. The molecular formula is C25H21FN4O2S2. The summed E-state index contributed by atoms with van der Waals surface area (Å²) in [6.45, 7) is 0.479. The molecule has 2 amide bonds. The third kappa shape index (κ3) is 4.67. The van der Waals surface area contributed by atoms with Crippen molar-refractivity contribution in [2.75, 3.05) is 0 Å². The Morgan fingerprint density at radius 1 is 1.12 bits per heavy atom. The van der Waals surface area contributed by atoms with Crippen molar-refractivity contribution in [1.29, 1.82) is 0 Å². The summed E-state index contributed by atoms with van der Waals surface area (Å²) in [4.78, 5) is 37.6. The first kappa shape index (κ1) is 22.5. The zero-order valence-electron chi connectivity index (χ0n) is 18.1. The molecule has 34 heavy (non-hydrogen) atoms. The van der Waals surface area contributed by atoms with Crippen molar-refractivity contribution >= 4 is 51.6 Å². The van der Waals surface area contributed by atoms with Crippen molar-refractivity contribution in [3.63, 3.8) is 0 Å². The van der Waals surface area contributed by atoms with E-state index in [4.69, 9.17) is 0 Å². The van der Waals surface area contributed by atoms with Crippen LogP contribution in [0.25, 0.3) is 0 Å². The molecule has 0 unspecified atom stereocenters. The lowest BCUT2D eigenvalue weighted by Crippen LogP contribution is -2.41. The Kier molecular flexibility index (Phi) is 6.55. The highest BCUT2D eigenvalue weighted by atomic mass is 32.2. The summed E-state index contributed by atoms with van der Waals surface area (Å²) < 4.78 is 14.1. The molecule has 172 valence electrons. The Morgan fingerprint density at radius 2 is 1.94 bits per heavy atom. The number of amidine groups is 2. The third-order valence-electron chi connectivity index (χ3n) is 5.55. The molecule has 6 nitrogen and oxygen atoms in total. The number of nitrogens with zero attached hydrogens (tertiary/aromatic N) is 3. The molecule has 0 radical (unpaired) electrons. The number of thiophene rings is 1. The molecule has 5 rings (SSSR count). The second kappa shape index (κ2) is 9.90. The molecule has 0 bridgehead atoms. The fraction of sp³-hybridized carbons (Fsp3) is 0.200. The molecule has 1 atom stereocenters. The number of benzene rings is 2. The number of halogens is 1. The van der Waals surface area contributed by atoms with E-state index in [0.717, 1.165) is 16.1 Å². The van der Waals surface area contributed by atoms with E-state index in [1.165, 1.54) is 22.7 Å². The van der Waals surface area contributed by atoms with E-state index in [1.54, 1.807) is 29.5 Å². The van der Waals surface area contributed by atoms with Crippen molar-refractivity contribution in [3.8, 4) is 0 Å². The van der Waals surface area contributed by atoms with Gasteiger partial charge in [-0.3, -0.25) is 14.6 Å². The van der Waals surface area contributed by atoms with Gasteiger partial charge in [-0.1, -0.05) is 48.2 Å². The minimum Gasteiger partial charge on any atom is -0.351 e. The largest absolute Gasteiger partial charge is 0.351 e. The van der Waals surface area contributed by atoms with Gasteiger partial charge in [-0.05, 0) is 41.6 Å². The average Bonchev–Trinajstić information content (AvgIpc) is 3.49. The molecule has 3 aromatic rings. The maximum atomic E-state index is 14.1. The summed E-state index contributed by atoms with van der Waals surface area (Å²) in [6, 6.07) is 17.3. The van der Waals surface area contributed by atoms with E-state index in [2.05, 4.69) is 15.3 Å². The van der Waals surface area contributed by atoms with E-state index in [1.807, 2.05) is 41.8 Å². The van der Waals surface area contributed by atoms with E-state index < -0.39 is 6.04 Å². The lowest BCUT2D eigenvalue weighted by molar-refractivity contribution is -0.125. The van der Waals surface area contributed by atoms with Crippen molar-refractivity contribution in [2.24, 2.45) is 9.98 Å². The maximum absolute atomic E-state index is 14.1. The Hall–Kier alpha value is -3.30. The first-order valence-corrected chi connectivity index (χ1v) is 12.7. The standard InChI is InChI=1S/C25H21FN4O2S2/c26-19-9-3-1-6-16(19)15-34-25-29-20-10-4-2-8-18(20)23-28-21(24(32)30(23)25)11-12-22(31)27-14-17-7-5-13-33-17/h1-10,13,21H,11-12,14-15H2,(H,27,31)/t21-/m0/s1. The van der Waals surface area contributed by atoms with Crippen LogP contribution in [0, 0.1) is 5.82 Å². The van der Waals surface area contributed by atoms with Gasteiger partial charge in [-0.25, -0.2) is 14.3 Å². The number of hydrogen-bond donors (Lipinski definition) is 1. The lowest BCUT2D eigenvalue weighted by atomic mass is 10.1. The number of amides is 2. The van der Waals surface area contributed by atoms with Crippen LogP contribution in [0.4, 0.5) is 10.1 Å². The molecule has 3 heterocycles. The van der Waals surface area contributed by atoms with Crippen molar-refractivity contribution in [3.05, 3.63) is 87.9 Å². The highest BCUT2D eigenvalue weighted by molar-refractivity contribution is 8.13. The highest BCUT2D eigenvalue weighted by Gasteiger charge is 2.41. The summed E-state index contributed by atoms with van der Waals surface area (Å²) >= 11 is 2.88. The molecule has 1 N–H and O–H groups in total. The van der Waals surface area contributed by atoms with E-state index in [9.17, 15) is 14.0 Å². The summed E-state index contributed by atoms with van der Waals surface area (Å²) in [5.74, 6) is 0.251. The number of hydrogen-bond acceptors (Lipinski definition) is 6. The van der Waals surface area contributed by atoms with Crippen molar-refractivity contribution in [2.45, 2.75) is 31.2 Å². The van der Waals surface area contributed by atoms with Gasteiger partial charge in [0, 0.05) is 22.6 Å². The van der Waals surface area contributed by atoms with Crippen LogP contribution in [0.2, 0.25) is 0 Å². The number of nitrogens with one attached hydrogen (secondary N) is 1. The summed E-state index contributed by atoms with van der Waals surface area (Å²) in [5, 5.41) is 5.32. The normalized spacial score (nSPS) is 16.6. The van der Waals surface area contributed by atoms with E-state index in [-0.39, 0.29) is 24.1 Å². The predicted octanol–water partition coefficient (Wildman–Crippen LogP) is 4.88. The van der Waals surface area contributed by atoms with Gasteiger partial charge >= 0.3 is 0 Å². The van der Waals surface area contributed by atoms with Gasteiger partial charge in [-0.15, -0.1) is 11.3 Å². The fourth-order valence-corrected chi connectivity index (χ4v) is 5.43. The Labute approximate surface area is 204 Å². The first-order valence-electron chi connectivity index (χ1n) is 10.9. The zero-order valence-corrected chi connectivity index (χ0v) is 19.7. The van der Waals surface area contributed by atoms with Gasteiger partial charge in [0.25, 0.3) is 5.91 Å². The fourth-order valence-electron chi connectivity index (χ4n) is 3.80. The number of carbonyl (C=O) groups excluding carboxylic acids is 2. The van der Waals surface area contributed by atoms with E-state index in [0.29, 0.717) is 35.3 Å². The molecule has 2 aliphatic heterocycles. The van der Waals surface area contributed by atoms with Gasteiger partial charge < -0.3 is 5.32 Å². The second-order valence-corrected chi connectivity index (χ2v) is 9.80. The number of fused-ring (bicyclic) bond motifs is 3. The van der Waals surface area contributed by atoms with Crippen LogP contribution < -0.4 is 5.32 Å². The second-order valence-electron chi connectivity index (χ2n) is 7.83.